The Balaban J connectivity index is 1.82. The first-order valence-electron chi connectivity index (χ1n) is 7.82. The number of anilines is 3. The van der Waals surface area contributed by atoms with Gasteiger partial charge < -0.3 is 10.2 Å². The zero-order chi connectivity index (χ0) is 17.3. The summed E-state index contributed by atoms with van der Waals surface area (Å²) >= 11 is 0. The van der Waals surface area contributed by atoms with Crippen LogP contribution < -0.4 is 10.2 Å². The molecule has 1 fully saturated rings. The zero-order valence-corrected chi connectivity index (χ0v) is 14.8. The number of hydrogen-bond acceptors (Lipinski definition) is 7. The molecular weight excluding hydrogens is 326 g/mol. The number of hydrogen-bond donors (Lipinski definition) is 1. The van der Waals surface area contributed by atoms with Crippen molar-refractivity contribution in [2.75, 3.05) is 28.8 Å². The molecule has 0 saturated carbocycles. The van der Waals surface area contributed by atoms with Crippen molar-refractivity contribution >= 4 is 27.3 Å². The van der Waals surface area contributed by atoms with Crippen LogP contribution in [0, 0.1) is 13.8 Å². The van der Waals surface area contributed by atoms with Gasteiger partial charge in [-0.05, 0) is 31.4 Å². The molecule has 2 aromatic rings. The van der Waals surface area contributed by atoms with Gasteiger partial charge in [-0.1, -0.05) is 18.2 Å². The van der Waals surface area contributed by atoms with E-state index in [1.807, 2.05) is 39.1 Å². The van der Waals surface area contributed by atoms with Crippen LogP contribution in [0.3, 0.4) is 0 Å². The van der Waals surface area contributed by atoms with Crippen molar-refractivity contribution in [3.8, 4) is 0 Å². The van der Waals surface area contributed by atoms with Gasteiger partial charge in [0, 0.05) is 18.8 Å². The summed E-state index contributed by atoms with van der Waals surface area (Å²) in [7, 11) is -1.14. The van der Waals surface area contributed by atoms with Gasteiger partial charge in [-0.2, -0.15) is 10.1 Å². The Morgan fingerprint density at radius 2 is 1.96 bits per heavy atom. The second-order valence-electron chi connectivity index (χ2n) is 6.20. The van der Waals surface area contributed by atoms with Gasteiger partial charge in [0.1, 0.15) is 0 Å². The number of nitrogens with zero attached hydrogens (tertiary/aromatic N) is 4. The third-order valence-corrected chi connectivity index (χ3v) is 6.10. The highest BCUT2D eigenvalue weighted by molar-refractivity contribution is 7.91. The van der Waals surface area contributed by atoms with Crippen molar-refractivity contribution < 1.29 is 8.42 Å². The molecule has 0 radical (unpaired) electrons. The van der Waals surface area contributed by atoms with Crippen molar-refractivity contribution in [2.45, 2.75) is 26.3 Å². The zero-order valence-electron chi connectivity index (χ0n) is 14.0. The van der Waals surface area contributed by atoms with Crippen LogP contribution in [0.5, 0.6) is 0 Å². The van der Waals surface area contributed by atoms with Crippen LogP contribution in [0.25, 0.3) is 0 Å². The van der Waals surface area contributed by atoms with Crippen LogP contribution in [-0.2, 0) is 9.84 Å². The molecule has 0 amide bonds. The van der Waals surface area contributed by atoms with E-state index >= 15 is 0 Å². The minimum absolute atomic E-state index is 0.104. The Labute approximate surface area is 142 Å². The molecule has 0 bridgehead atoms. The number of para-hydroxylation sites is 1. The minimum Gasteiger partial charge on any atom is -0.338 e. The Hall–Kier alpha value is -2.22. The van der Waals surface area contributed by atoms with Crippen LogP contribution in [-0.4, -0.2) is 48.2 Å². The highest BCUT2D eigenvalue weighted by Crippen LogP contribution is 2.24. The number of nitrogens with one attached hydrogen (secondary N) is 1. The van der Waals surface area contributed by atoms with Gasteiger partial charge in [-0.15, -0.1) is 5.10 Å². The first-order valence-corrected chi connectivity index (χ1v) is 9.64. The highest BCUT2D eigenvalue weighted by atomic mass is 32.2. The Morgan fingerprint density at radius 1 is 1.25 bits per heavy atom. The summed E-state index contributed by atoms with van der Waals surface area (Å²) in [6, 6.07) is 5.96. The minimum atomic E-state index is -2.95. The lowest BCUT2D eigenvalue weighted by Gasteiger charge is -2.23. The summed E-state index contributed by atoms with van der Waals surface area (Å²) < 4.78 is 23.3. The molecule has 1 saturated heterocycles. The van der Waals surface area contributed by atoms with Gasteiger partial charge in [0.25, 0.3) is 0 Å². The average Bonchev–Trinajstić information content (AvgIpc) is 2.91. The number of sulfone groups is 1. The summed E-state index contributed by atoms with van der Waals surface area (Å²) in [5, 5.41) is 11.3. The normalized spacial score (nSPS) is 19.2. The average molecular weight is 347 g/mol. The first kappa shape index (κ1) is 16.6. The van der Waals surface area contributed by atoms with Gasteiger partial charge in [0.05, 0.1) is 17.7 Å². The number of rotatable bonds is 4. The first-order chi connectivity index (χ1) is 11.4. The molecule has 24 heavy (non-hydrogen) atoms. The van der Waals surface area contributed by atoms with E-state index in [1.54, 1.807) is 11.1 Å². The van der Waals surface area contributed by atoms with Gasteiger partial charge in [-0.25, -0.2) is 8.42 Å². The number of benzene rings is 1. The van der Waals surface area contributed by atoms with E-state index in [0.29, 0.717) is 18.2 Å². The van der Waals surface area contributed by atoms with E-state index in [-0.39, 0.29) is 17.5 Å². The molecule has 128 valence electrons. The fraction of sp³-hybridized carbons (Fsp3) is 0.438. The van der Waals surface area contributed by atoms with Crippen molar-refractivity contribution in [2.24, 2.45) is 0 Å². The molecule has 0 spiro atoms. The van der Waals surface area contributed by atoms with Crippen LogP contribution in [0.2, 0.25) is 0 Å². The molecule has 1 aromatic carbocycles. The van der Waals surface area contributed by atoms with E-state index in [1.165, 1.54) is 0 Å². The maximum Gasteiger partial charge on any atom is 0.247 e. The highest BCUT2D eigenvalue weighted by Gasteiger charge is 2.32. The van der Waals surface area contributed by atoms with E-state index < -0.39 is 9.84 Å². The fourth-order valence-electron chi connectivity index (χ4n) is 2.89. The van der Waals surface area contributed by atoms with Gasteiger partial charge in [-0.3, -0.25) is 0 Å². The van der Waals surface area contributed by atoms with Crippen molar-refractivity contribution in [3.63, 3.8) is 0 Å². The van der Waals surface area contributed by atoms with Crippen molar-refractivity contribution in [3.05, 3.63) is 35.5 Å². The van der Waals surface area contributed by atoms with Gasteiger partial charge in [0.15, 0.2) is 15.7 Å². The lowest BCUT2D eigenvalue weighted by atomic mass is 10.1. The predicted octanol–water partition coefficient (Wildman–Crippen LogP) is 1.86. The van der Waals surface area contributed by atoms with Crippen molar-refractivity contribution in [1.29, 1.82) is 0 Å². The molecule has 1 unspecified atom stereocenters. The molecule has 2 heterocycles. The van der Waals surface area contributed by atoms with Crippen LogP contribution in [0.15, 0.2) is 24.4 Å². The molecular formula is C16H21N5O2S. The topological polar surface area (TPSA) is 88.1 Å². The molecule has 1 aliphatic rings. The summed E-state index contributed by atoms with van der Waals surface area (Å²) in [5.74, 6) is 1.37. The Bertz CT molecular complexity index is 833. The third-order valence-electron chi connectivity index (χ3n) is 4.35. The summed E-state index contributed by atoms with van der Waals surface area (Å²) in [6.45, 7) is 4.06. The smallest absolute Gasteiger partial charge is 0.247 e. The van der Waals surface area contributed by atoms with Gasteiger partial charge in [0.2, 0.25) is 5.95 Å². The Morgan fingerprint density at radius 3 is 2.58 bits per heavy atom. The molecule has 1 N–H and O–H groups in total. The summed E-state index contributed by atoms with van der Waals surface area (Å²) in [4.78, 5) is 6.29. The molecule has 8 heteroatoms. The monoisotopic (exact) mass is 347 g/mol. The summed E-state index contributed by atoms with van der Waals surface area (Å²) in [6.07, 6.45) is 2.16. The van der Waals surface area contributed by atoms with Gasteiger partial charge >= 0.3 is 0 Å². The van der Waals surface area contributed by atoms with E-state index in [2.05, 4.69) is 20.5 Å². The fourth-order valence-corrected chi connectivity index (χ4v) is 4.66. The second kappa shape index (κ2) is 6.35. The molecule has 3 rings (SSSR count). The second-order valence-corrected chi connectivity index (χ2v) is 8.43. The van der Waals surface area contributed by atoms with E-state index in [9.17, 15) is 8.42 Å². The molecule has 7 nitrogen and oxygen atoms in total. The largest absolute Gasteiger partial charge is 0.338 e. The lowest BCUT2D eigenvalue weighted by molar-refractivity contribution is 0.600. The van der Waals surface area contributed by atoms with E-state index in [4.69, 9.17) is 0 Å². The Kier molecular flexibility index (Phi) is 4.40. The van der Waals surface area contributed by atoms with Crippen LogP contribution in [0.4, 0.5) is 17.5 Å². The number of aromatic nitrogens is 3. The van der Waals surface area contributed by atoms with Crippen LogP contribution in [0.1, 0.15) is 17.5 Å². The predicted molar refractivity (Wildman–Crippen MR) is 94.5 cm³/mol. The SMILES string of the molecule is Cc1cccc(C)c1Nc1cnnc(N(C)C2CCS(=O)(=O)C2)n1. The standard InChI is InChI=1S/C16H21N5O2S/c1-11-5-4-6-12(2)15(11)18-14-9-17-20-16(19-14)21(3)13-7-8-24(22,23)10-13/h4-6,9,13H,7-8,10H2,1-3H3,(H,18,19,20). The molecule has 1 atom stereocenters. The van der Waals surface area contributed by atoms with Crippen molar-refractivity contribution in [1.82, 2.24) is 15.2 Å². The quantitative estimate of drug-likeness (QED) is 0.903. The summed E-state index contributed by atoms with van der Waals surface area (Å²) in [5.41, 5.74) is 3.23. The molecule has 1 aromatic heterocycles. The van der Waals surface area contributed by atoms with Crippen LogP contribution >= 0.6 is 0 Å². The lowest BCUT2D eigenvalue weighted by Crippen LogP contribution is -2.34. The van der Waals surface area contributed by atoms with E-state index in [0.717, 1.165) is 16.8 Å². The molecule has 1 aliphatic heterocycles. The maximum absolute atomic E-state index is 11.7. The third kappa shape index (κ3) is 3.48. The molecule has 0 aliphatic carbocycles. The number of aryl methyl sites for hydroxylation is 2. The maximum atomic E-state index is 11.7.